The molecule has 0 radical (unpaired) electrons. The molecule has 16 heavy (non-hydrogen) atoms. The fourth-order valence-electron chi connectivity index (χ4n) is 2.60. The van der Waals surface area contributed by atoms with Gasteiger partial charge in [0, 0.05) is 12.1 Å². The maximum Gasteiger partial charge on any atom is 0.224 e. The van der Waals surface area contributed by atoms with Crippen molar-refractivity contribution in [1.82, 2.24) is 5.32 Å². The van der Waals surface area contributed by atoms with Crippen molar-refractivity contribution in [3.8, 4) is 0 Å². The van der Waals surface area contributed by atoms with Gasteiger partial charge in [-0.3, -0.25) is 4.79 Å². The minimum absolute atomic E-state index is 0.0306. The van der Waals surface area contributed by atoms with Crippen molar-refractivity contribution < 1.29 is 4.79 Å². The van der Waals surface area contributed by atoms with E-state index in [1.807, 2.05) is 0 Å². The molecule has 0 aromatic rings. The van der Waals surface area contributed by atoms with Crippen LogP contribution in [-0.4, -0.2) is 18.0 Å². The highest BCUT2D eigenvalue weighted by atomic mass is 16.2. The van der Waals surface area contributed by atoms with Crippen molar-refractivity contribution in [2.75, 3.05) is 0 Å². The van der Waals surface area contributed by atoms with E-state index in [0.717, 1.165) is 32.1 Å². The van der Waals surface area contributed by atoms with E-state index >= 15 is 0 Å². The third-order valence-corrected chi connectivity index (χ3v) is 3.74. The number of hydrogen-bond donors (Lipinski definition) is 2. The fourth-order valence-corrected chi connectivity index (χ4v) is 2.60. The van der Waals surface area contributed by atoms with Crippen molar-refractivity contribution in [3.63, 3.8) is 0 Å². The van der Waals surface area contributed by atoms with E-state index in [0.29, 0.717) is 5.92 Å². The van der Waals surface area contributed by atoms with Crippen LogP contribution in [0.5, 0.6) is 0 Å². The average molecular weight is 226 g/mol. The van der Waals surface area contributed by atoms with Gasteiger partial charge in [-0.2, -0.15) is 0 Å². The normalized spacial score (nSPS) is 32.1. The van der Waals surface area contributed by atoms with E-state index in [9.17, 15) is 4.79 Å². The van der Waals surface area contributed by atoms with Crippen LogP contribution in [-0.2, 0) is 4.79 Å². The first-order valence-corrected chi connectivity index (χ1v) is 6.62. The second-order valence-corrected chi connectivity index (χ2v) is 5.29. The number of nitrogens with one attached hydrogen (secondary N) is 1. The topological polar surface area (TPSA) is 55.1 Å². The van der Waals surface area contributed by atoms with Crippen LogP contribution in [0.25, 0.3) is 0 Å². The van der Waals surface area contributed by atoms with Gasteiger partial charge in [0.1, 0.15) is 0 Å². The molecule has 94 valence electrons. The molecule has 3 heteroatoms. The van der Waals surface area contributed by atoms with E-state index in [2.05, 4.69) is 26.1 Å². The van der Waals surface area contributed by atoms with Crippen LogP contribution in [0, 0.1) is 11.8 Å². The summed E-state index contributed by atoms with van der Waals surface area (Å²) in [5.74, 6) is 0.675. The number of hydrogen-bond acceptors (Lipinski definition) is 2. The zero-order valence-electron chi connectivity index (χ0n) is 10.8. The summed E-state index contributed by atoms with van der Waals surface area (Å²) in [6.45, 7) is 6.36. The molecule has 3 nitrogen and oxygen atoms in total. The van der Waals surface area contributed by atoms with Gasteiger partial charge in [-0.25, -0.2) is 0 Å². The van der Waals surface area contributed by atoms with Gasteiger partial charge < -0.3 is 11.1 Å². The Morgan fingerprint density at radius 2 is 2.19 bits per heavy atom. The Balaban J connectivity index is 2.46. The third kappa shape index (κ3) is 3.48. The fraction of sp³-hybridized carbons (Fsp3) is 0.923. The van der Waals surface area contributed by atoms with Crippen LogP contribution in [0.3, 0.4) is 0 Å². The monoisotopic (exact) mass is 226 g/mol. The van der Waals surface area contributed by atoms with Crippen molar-refractivity contribution in [3.05, 3.63) is 0 Å². The van der Waals surface area contributed by atoms with Crippen LogP contribution in [0.4, 0.5) is 0 Å². The minimum Gasteiger partial charge on any atom is -0.353 e. The molecule has 0 aromatic carbocycles. The molecule has 0 aliphatic heterocycles. The molecule has 1 amide bonds. The predicted octanol–water partition coefficient (Wildman–Crippen LogP) is 2.05. The molecule has 1 aliphatic carbocycles. The summed E-state index contributed by atoms with van der Waals surface area (Å²) in [6.07, 6.45) is 5.40. The highest BCUT2D eigenvalue weighted by Crippen LogP contribution is 2.28. The Hall–Kier alpha value is -0.570. The third-order valence-electron chi connectivity index (χ3n) is 3.74. The van der Waals surface area contributed by atoms with Gasteiger partial charge in [0.05, 0.1) is 5.92 Å². The summed E-state index contributed by atoms with van der Waals surface area (Å²) >= 11 is 0. The van der Waals surface area contributed by atoms with Gasteiger partial charge in [0.15, 0.2) is 0 Å². The number of carbonyl (C=O) groups is 1. The SMILES string of the molecule is CCCC(C)NC(=O)C1CCCC(C)C1N. The van der Waals surface area contributed by atoms with Crippen molar-refractivity contribution in [2.45, 2.75) is 65.0 Å². The molecule has 0 bridgehead atoms. The van der Waals surface area contributed by atoms with Crippen LogP contribution >= 0.6 is 0 Å². The molecule has 0 heterocycles. The molecule has 1 rings (SSSR count). The lowest BCUT2D eigenvalue weighted by Crippen LogP contribution is -2.49. The van der Waals surface area contributed by atoms with E-state index in [1.165, 1.54) is 0 Å². The predicted molar refractivity (Wildman–Crippen MR) is 67.0 cm³/mol. The first-order valence-electron chi connectivity index (χ1n) is 6.62. The Kier molecular flexibility index (Phi) is 5.26. The maximum atomic E-state index is 12.0. The zero-order valence-corrected chi connectivity index (χ0v) is 10.8. The Labute approximate surface area is 99.2 Å². The van der Waals surface area contributed by atoms with Crippen LogP contribution in [0.1, 0.15) is 52.9 Å². The molecule has 0 saturated heterocycles. The standard InChI is InChI=1S/C13H26N2O/c1-4-6-10(3)15-13(16)11-8-5-7-9(2)12(11)14/h9-12H,4-8,14H2,1-3H3,(H,15,16). The van der Waals surface area contributed by atoms with Gasteiger partial charge in [0.25, 0.3) is 0 Å². The van der Waals surface area contributed by atoms with Gasteiger partial charge in [-0.1, -0.05) is 26.7 Å². The molecular formula is C13H26N2O. The molecular weight excluding hydrogens is 200 g/mol. The maximum absolute atomic E-state index is 12.0. The Morgan fingerprint density at radius 1 is 1.50 bits per heavy atom. The van der Waals surface area contributed by atoms with Crippen LogP contribution < -0.4 is 11.1 Å². The lowest BCUT2D eigenvalue weighted by atomic mass is 9.77. The quantitative estimate of drug-likeness (QED) is 0.771. The second kappa shape index (κ2) is 6.24. The molecule has 1 saturated carbocycles. The van der Waals surface area contributed by atoms with Crippen molar-refractivity contribution in [2.24, 2.45) is 17.6 Å². The van der Waals surface area contributed by atoms with Gasteiger partial charge >= 0.3 is 0 Å². The molecule has 0 spiro atoms. The van der Waals surface area contributed by atoms with Crippen LogP contribution in [0.2, 0.25) is 0 Å². The summed E-state index contributed by atoms with van der Waals surface area (Å²) in [6, 6.07) is 0.324. The van der Waals surface area contributed by atoms with Gasteiger partial charge in [-0.05, 0) is 32.1 Å². The smallest absolute Gasteiger partial charge is 0.224 e. The van der Waals surface area contributed by atoms with E-state index < -0.39 is 0 Å². The summed E-state index contributed by atoms with van der Waals surface area (Å²) in [7, 11) is 0. The first kappa shape index (κ1) is 13.5. The van der Waals surface area contributed by atoms with E-state index in [-0.39, 0.29) is 23.9 Å². The number of carbonyl (C=O) groups excluding carboxylic acids is 1. The molecule has 3 N–H and O–H groups in total. The second-order valence-electron chi connectivity index (χ2n) is 5.29. The summed E-state index contributed by atoms with van der Waals surface area (Å²) in [5, 5.41) is 3.08. The van der Waals surface area contributed by atoms with Crippen LogP contribution in [0.15, 0.2) is 0 Å². The largest absolute Gasteiger partial charge is 0.353 e. The van der Waals surface area contributed by atoms with Crippen molar-refractivity contribution >= 4 is 5.91 Å². The molecule has 4 atom stereocenters. The number of amides is 1. The minimum atomic E-state index is 0.0306. The summed E-state index contributed by atoms with van der Waals surface area (Å²) in [5.41, 5.74) is 6.11. The average Bonchev–Trinajstić information content (AvgIpc) is 2.22. The van der Waals surface area contributed by atoms with E-state index in [1.54, 1.807) is 0 Å². The van der Waals surface area contributed by atoms with Crippen molar-refractivity contribution in [1.29, 1.82) is 0 Å². The first-order chi connectivity index (χ1) is 7.56. The van der Waals surface area contributed by atoms with Gasteiger partial charge in [-0.15, -0.1) is 0 Å². The molecule has 1 aliphatic rings. The highest BCUT2D eigenvalue weighted by molar-refractivity contribution is 5.79. The van der Waals surface area contributed by atoms with E-state index in [4.69, 9.17) is 5.73 Å². The number of rotatable bonds is 4. The number of nitrogens with two attached hydrogens (primary N) is 1. The lowest BCUT2D eigenvalue weighted by Gasteiger charge is -2.33. The summed E-state index contributed by atoms with van der Waals surface area (Å²) in [4.78, 5) is 12.0. The lowest BCUT2D eigenvalue weighted by molar-refractivity contribution is -0.127. The van der Waals surface area contributed by atoms with Gasteiger partial charge in [0.2, 0.25) is 5.91 Å². The molecule has 1 fully saturated rings. The Morgan fingerprint density at radius 3 is 2.81 bits per heavy atom. The Bertz CT molecular complexity index is 230. The molecule has 4 unspecified atom stereocenters. The highest BCUT2D eigenvalue weighted by Gasteiger charge is 2.32. The zero-order chi connectivity index (χ0) is 12.1. The molecule has 0 aromatic heterocycles. The summed E-state index contributed by atoms with van der Waals surface area (Å²) < 4.78 is 0.